The molecule has 1 N–H and O–H groups in total. The van der Waals surface area contributed by atoms with Gasteiger partial charge in [-0.25, -0.2) is 4.39 Å². The summed E-state index contributed by atoms with van der Waals surface area (Å²) in [6.07, 6.45) is 0. The van der Waals surface area contributed by atoms with Crippen LogP contribution in [-0.2, 0) is 6.54 Å². The van der Waals surface area contributed by atoms with Crippen molar-refractivity contribution < 1.29 is 4.39 Å². The molecule has 1 aromatic carbocycles. The lowest BCUT2D eigenvalue weighted by molar-refractivity contribution is 0.0222. The number of rotatable bonds is 3. The molecule has 0 saturated carbocycles. The molecule has 0 spiro atoms. The highest BCUT2D eigenvalue weighted by Crippen LogP contribution is 2.19. The smallest absolute Gasteiger partial charge is 0.126 e. The molecule has 0 atom stereocenters. The van der Waals surface area contributed by atoms with E-state index in [9.17, 15) is 4.39 Å². The van der Waals surface area contributed by atoms with Crippen molar-refractivity contribution in [3.8, 4) is 0 Å². The highest BCUT2D eigenvalue weighted by molar-refractivity contribution is 5.23. The number of piperazine rings is 1. The van der Waals surface area contributed by atoms with Gasteiger partial charge in [0.2, 0.25) is 0 Å². The highest BCUT2D eigenvalue weighted by Gasteiger charge is 2.31. The SMILES string of the molecule is Cc1ccc(CN2CC(N3CCNCC3)C2)cc1F. The Balaban J connectivity index is 1.49. The first kappa shape index (κ1) is 13.0. The number of nitrogens with one attached hydrogen (secondary N) is 1. The number of nitrogens with zero attached hydrogens (tertiary/aromatic N) is 2. The van der Waals surface area contributed by atoms with Crippen LogP contribution in [-0.4, -0.2) is 55.1 Å². The van der Waals surface area contributed by atoms with Gasteiger partial charge in [0.05, 0.1) is 0 Å². The van der Waals surface area contributed by atoms with Crippen LogP contribution in [0.4, 0.5) is 4.39 Å². The van der Waals surface area contributed by atoms with Crippen molar-refractivity contribution in [2.45, 2.75) is 19.5 Å². The molecule has 2 aliphatic heterocycles. The fourth-order valence-corrected chi connectivity index (χ4v) is 2.94. The molecule has 4 heteroatoms. The molecule has 3 rings (SSSR count). The van der Waals surface area contributed by atoms with Crippen LogP contribution in [0, 0.1) is 12.7 Å². The molecular weight excluding hydrogens is 241 g/mol. The van der Waals surface area contributed by atoms with Gasteiger partial charge in [-0.2, -0.15) is 0 Å². The van der Waals surface area contributed by atoms with Crippen molar-refractivity contribution in [2.24, 2.45) is 0 Å². The van der Waals surface area contributed by atoms with Gasteiger partial charge in [-0.1, -0.05) is 12.1 Å². The Hall–Kier alpha value is -0.970. The fraction of sp³-hybridized carbons (Fsp3) is 0.600. The topological polar surface area (TPSA) is 18.5 Å². The number of hydrogen-bond donors (Lipinski definition) is 1. The molecule has 0 aromatic heterocycles. The molecular formula is C15H22FN3. The van der Waals surface area contributed by atoms with E-state index in [1.54, 1.807) is 6.07 Å². The third-order valence-electron chi connectivity index (χ3n) is 4.25. The number of benzene rings is 1. The first-order valence-corrected chi connectivity index (χ1v) is 7.14. The lowest BCUT2D eigenvalue weighted by atomic mass is 10.0. The summed E-state index contributed by atoms with van der Waals surface area (Å²) in [4.78, 5) is 4.97. The summed E-state index contributed by atoms with van der Waals surface area (Å²) in [5, 5.41) is 3.38. The molecule has 0 unspecified atom stereocenters. The van der Waals surface area contributed by atoms with Crippen LogP contribution in [0.3, 0.4) is 0 Å². The van der Waals surface area contributed by atoms with Crippen LogP contribution in [0.15, 0.2) is 18.2 Å². The summed E-state index contributed by atoms with van der Waals surface area (Å²) in [5.74, 6) is -0.0864. The van der Waals surface area contributed by atoms with Gasteiger partial charge in [0.25, 0.3) is 0 Å². The first-order valence-electron chi connectivity index (χ1n) is 7.14. The molecule has 2 heterocycles. The Morgan fingerprint density at radius 2 is 2.00 bits per heavy atom. The largest absolute Gasteiger partial charge is 0.314 e. The van der Waals surface area contributed by atoms with Gasteiger partial charge in [0.15, 0.2) is 0 Å². The standard InChI is InChI=1S/C15H22FN3/c1-12-2-3-13(8-15(12)16)9-18-10-14(11-18)19-6-4-17-5-7-19/h2-3,8,14,17H,4-7,9-11H2,1H3. The van der Waals surface area contributed by atoms with Crippen molar-refractivity contribution >= 4 is 0 Å². The zero-order chi connectivity index (χ0) is 13.2. The van der Waals surface area contributed by atoms with Gasteiger partial charge >= 0.3 is 0 Å². The molecule has 19 heavy (non-hydrogen) atoms. The zero-order valence-corrected chi connectivity index (χ0v) is 11.5. The lowest BCUT2D eigenvalue weighted by Crippen LogP contribution is -2.62. The number of likely N-dealkylation sites (tertiary alicyclic amines) is 1. The predicted molar refractivity (Wildman–Crippen MR) is 74.6 cm³/mol. The maximum Gasteiger partial charge on any atom is 0.126 e. The Bertz CT molecular complexity index is 437. The van der Waals surface area contributed by atoms with Gasteiger partial charge < -0.3 is 5.32 Å². The van der Waals surface area contributed by atoms with Crippen molar-refractivity contribution in [1.29, 1.82) is 0 Å². The zero-order valence-electron chi connectivity index (χ0n) is 11.5. The molecule has 2 saturated heterocycles. The molecule has 104 valence electrons. The van der Waals surface area contributed by atoms with Crippen molar-refractivity contribution in [3.63, 3.8) is 0 Å². The van der Waals surface area contributed by atoms with E-state index in [4.69, 9.17) is 0 Å². The van der Waals surface area contributed by atoms with Crippen molar-refractivity contribution in [3.05, 3.63) is 35.1 Å². The summed E-state index contributed by atoms with van der Waals surface area (Å²) < 4.78 is 13.5. The Kier molecular flexibility index (Phi) is 3.82. The molecule has 0 bridgehead atoms. The van der Waals surface area contributed by atoms with Crippen molar-refractivity contribution in [2.75, 3.05) is 39.3 Å². The Morgan fingerprint density at radius 1 is 1.26 bits per heavy atom. The fourth-order valence-electron chi connectivity index (χ4n) is 2.94. The van der Waals surface area contributed by atoms with Gasteiger partial charge in [-0.15, -0.1) is 0 Å². The minimum atomic E-state index is -0.0864. The van der Waals surface area contributed by atoms with Crippen LogP contribution in [0.1, 0.15) is 11.1 Å². The van der Waals surface area contributed by atoms with E-state index in [2.05, 4.69) is 15.1 Å². The van der Waals surface area contributed by atoms with E-state index in [-0.39, 0.29) is 5.82 Å². The first-order chi connectivity index (χ1) is 9.22. The Labute approximate surface area is 114 Å². The molecule has 1 aromatic rings. The Morgan fingerprint density at radius 3 is 2.68 bits per heavy atom. The van der Waals surface area contributed by atoms with Crippen molar-refractivity contribution in [1.82, 2.24) is 15.1 Å². The second kappa shape index (κ2) is 5.57. The van der Waals surface area contributed by atoms with Crippen LogP contribution in [0.2, 0.25) is 0 Å². The molecule has 2 aliphatic rings. The normalized spacial score (nSPS) is 22.4. The third kappa shape index (κ3) is 2.96. The van der Waals surface area contributed by atoms with Crippen LogP contribution < -0.4 is 5.32 Å². The number of aryl methyl sites for hydroxylation is 1. The highest BCUT2D eigenvalue weighted by atomic mass is 19.1. The lowest BCUT2D eigenvalue weighted by Gasteiger charge is -2.46. The van der Waals surface area contributed by atoms with E-state index in [0.717, 1.165) is 56.9 Å². The summed E-state index contributed by atoms with van der Waals surface area (Å²) in [5.41, 5.74) is 1.81. The summed E-state index contributed by atoms with van der Waals surface area (Å²) >= 11 is 0. The molecule has 3 nitrogen and oxygen atoms in total. The summed E-state index contributed by atoms with van der Waals surface area (Å²) in [7, 11) is 0. The maximum atomic E-state index is 13.5. The second-order valence-electron chi connectivity index (χ2n) is 5.72. The van der Waals surface area contributed by atoms with Crippen LogP contribution in [0.25, 0.3) is 0 Å². The van der Waals surface area contributed by atoms with E-state index in [1.165, 1.54) is 0 Å². The quantitative estimate of drug-likeness (QED) is 0.885. The average molecular weight is 263 g/mol. The summed E-state index contributed by atoms with van der Waals surface area (Å²) in [6, 6.07) is 6.29. The van der Waals surface area contributed by atoms with Gasteiger partial charge in [-0.05, 0) is 24.1 Å². The van der Waals surface area contributed by atoms with E-state index >= 15 is 0 Å². The average Bonchev–Trinajstić information content (AvgIpc) is 2.38. The van der Waals surface area contributed by atoms with Gasteiger partial charge in [0.1, 0.15) is 5.82 Å². The van der Waals surface area contributed by atoms with Crippen LogP contribution >= 0.6 is 0 Å². The maximum absolute atomic E-state index is 13.5. The monoisotopic (exact) mass is 263 g/mol. The van der Waals surface area contributed by atoms with E-state index in [1.807, 2.05) is 19.1 Å². The molecule has 0 radical (unpaired) electrons. The number of halogens is 1. The minimum Gasteiger partial charge on any atom is -0.314 e. The predicted octanol–water partition coefficient (Wildman–Crippen LogP) is 1.22. The summed E-state index contributed by atoms with van der Waals surface area (Å²) in [6.45, 7) is 9.47. The number of hydrogen-bond acceptors (Lipinski definition) is 3. The van der Waals surface area contributed by atoms with E-state index < -0.39 is 0 Å². The van der Waals surface area contributed by atoms with Gasteiger partial charge in [0, 0.05) is 51.9 Å². The molecule has 0 amide bonds. The van der Waals surface area contributed by atoms with Gasteiger partial charge in [-0.3, -0.25) is 9.80 Å². The molecule has 0 aliphatic carbocycles. The molecule has 2 fully saturated rings. The van der Waals surface area contributed by atoms with E-state index in [0.29, 0.717) is 6.04 Å². The minimum absolute atomic E-state index is 0.0864. The third-order valence-corrected chi connectivity index (χ3v) is 4.25. The van der Waals surface area contributed by atoms with Crippen LogP contribution in [0.5, 0.6) is 0 Å². The second-order valence-corrected chi connectivity index (χ2v) is 5.72.